The third kappa shape index (κ3) is 6.76. The van der Waals surface area contributed by atoms with Crippen molar-refractivity contribution in [3.8, 4) is 0 Å². The Morgan fingerprint density at radius 2 is 1.29 bits per heavy atom. The maximum Gasteiger partial charge on any atom is 0.0366 e. The molecule has 31 heavy (non-hydrogen) atoms. The molecule has 0 bridgehead atoms. The summed E-state index contributed by atoms with van der Waals surface area (Å²) in [5.41, 5.74) is 4.10. The Balaban J connectivity index is 1.23. The molecular formula is C29H40N2. The molecule has 0 aromatic heterocycles. The molecule has 0 N–H and O–H groups in total. The first-order valence-electron chi connectivity index (χ1n) is 12.9. The zero-order valence-corrected chi connectivity index (χ0v) is 19.4. The van der Waals surface area contributed by atoms with Crippen LogP contribution in [0.25, 0.3) is 6.08 Å². The van der Waals surface area contributed by atoms with Crippen molar-refractivity contribution in [3.63, 3.8) is 0 Å². The van der Waals surface area contributed by atoms with Gasteiger partial charge >= 0.3 is 0 Å². The standard InChI is InChI=1S/C29H40N2/c1-2-4-28(30(19-24-7-8-24)20-25-9-10-25)6-3-5-23-15-17-29(18-16-23)31(21-26-11-12-26)22-27-13-14-27/h2-6,15-18,24-27H,7-14,19-22H2,1H3/b4-2-,5-3+,28-6+. The summed E-state index contributed by atoms with van der Waals surface area (Å²) in [7, 11) is 0. The van der Waals surface area contributed by atoms with Crippen LogP contribution in [0.2, 0.25) is 0 Å². The molecule has 2 heteroatoms. The molecule has 0 heterocycles. The van der Waals surface area contributed by atoms with E-state index in [0.717, 1.165) is 23.7 Å². The quantitative estimate of drug-likeness (QED) is 0.322. The average Bonchev–Trinajstić information content (AvgIpc) is 3.62. The minimum absolute atomic E-state index is 0.929. The number of nitrogens with zero attached hydrogens (tertiary/aromatic N) is 2. The maximum atomic E-state index is 2.65. The molecule has 4 fully saturated rings. The molecule has 1 aromatic rings. The number of anilines is 1. The van der Waals surface area contributed by atoms with Gasteiger partial charge in [-0.25, -0.2) is 0 Å². The average molecular weight is 417 g/mol. The molecule has 4 saturated carbocycles. The summed E-state index contributed by atoms with van der Waals surface area (Å²) < 4.78 is 0. The first kappa shape index (κ1) is 20.9. The van der Waals surface area contributed by atoms with E-state index in [0.29, 0.717) is 0 Å². The van der Waals surface area contributed by atoms with Crippen LogP contribution >= 0.6 is 0 Å². The van der Waals surface area contributed by atoms with E-state index in [2.05, 4.69) is 71.4 Å². The highest BCUT2D eigenvalue weighted by Gasteiger charge is 2.30. The number of hydrogen-bond donors (Lipinski definition) is 0. The second-order valence-electron chi connectivity index (χ2n) is 10.6. The van der Waals surface area contributed by atoms with E-state index in [1.54, 1.807) is 0 Å². The van der Waals surface area contributed by atoms with Crippen molar-refractivity contribution in [2.75, 3.05) is 31.1 Å². The Kier molecular flexibility index (Phi) is 6.53. The topological polar surface area (TPSA) is 6.48 Å². The van der Waals surface area contributed by atoms with Crippen LogP contribution in [0.5, 0.6) is 0 Å². The first-order chi connectivity index (χ1) is 15.3. The number of benzene rings is 1. The fourth-order valence-electron chi connectivity index (χ4n) is 4.51. The number of rotatable bonds is 13. The minimum atomic E-state index is 0.929. The molecule has 0 amide bonds. The van der Waals surface area contributed by atoms with Gasteiger partial charge in [-0.05, 0) is 112 Å². The third-order valence-corrected chi connectivity index (χ3v) is 7.22. The lowest BCUT2D eigenvalue weighted by molar-refractivity contribution is 0.326. The molecule has 2 nitrogen and oxygen atoms in total. The Bertz CT molecular complexity index is 774. The van der Waals surface area contributed by atoms with Gasteiger partial charge in [0.05, 0.1) is 0 Å². The zero-order valence-electron chi connectivity index (χ0n) is 19.4. The molecule has 0 atom stereocenters. The van der Waals surface area contributed by atoms with Gasteiger partial charge in [0.1, 0.15) is 0 Å². The van der Waals surface area contributed by atoms with Crippen molar-refractivity contribution < 1.29 is 0 Å². The SMILES string of the molecule is C\C=C/C(=C\C=C\c1ccc(N(CC2CC2)CC2CC2)cc1)N(CC1CC1)CC1CC1. The molecule has 0 aliphatic heterocycles. The van der Waals surface area contributed by atoms with E-state index in [9.17, 15) is 0 Å². The van der Waals surface area contributed by atoms with Gasteiger partial charge in [-0.3, -0.25) is 0 Å². The molecule has 0 spiro atoms. The lowest BCUT2D eigenvalue weighted by atomic mass is 10.1. The Morgan fingerprint density at radius 1 is 0.774 bits per heavy atom. The van der Waals surface area contributed by atoms with E-state index < -0.39 is 0 Å². The van der Waals surface area contributed by atoms with Gasteiger partial charge in [0, 0.05) is 37.6 Å². The Hall–Kier alpha value is -1.96. The van der Waals surface area contributed by atoms with Gasteiger partial charge in [-0.2, -0.15) is 0 Å². The summed E-state index contributed by atoms with van der Waals surface area (Å²) in [6.07, 6.45) is 22.7. The Labute approximate surface area is 189 Å². The predicted octanol–water partition coefficient (Wildman–Crippen LogP) is 6.91. The zero-order chi connectivity index (χ0) is 21.0. The van der Waals surface area contributed by atoms with Crippen LogP contribution in [0.4, 0.5) is 5.69 Å². The summed E-state index contributed by atoms with van der Waals surface area (Å²) in [6.45, 7) is 7.15. The monoisotopic (exact) mass is 416 g/mol. The lowest BCUT2D eigenvalue weighted by Crippen LogP contribution is -2.27. The summed E-state index contributed by atoms with van der Waals surface area (Å²) in [5.74, 6) is 3.75. The molecule has 1 aromatic carbocycles. The molecule has 4 aliphatic carbocycles. The molecule has 0 saturated heterocycles. The molecule has 0 unspecified atom stereocenters. The maximum absolute atomic E-state index is 2.65. The second kappa shape index (κ2) is 9.67. The number of hydrogen-bond acceptors (Lipinski definition) is 2. The predicted molar refractivity (Wildman–Crippen MR) is 133 cm³/mol. The van der Waals surface area contributed by atoms with E-state index in [4.69, 9.17) is 0 Å². The largest absolute Gasteiger partial charge is 0.371 e. The summed E-state index contributed by atoms with van der Waals surface area (Å²) in [6, 6.07) is 9.28. The summed E-state index contributed by atoms with van der Waals surface area (Å²) in [5, 5.41) is 0. The fourth-order valence-corrected chi connectivity index (χ4v) is 4.51. The molecule has 5 rings (SSSR count). The van der Waals surface area contributed by atoms with E-state index in [1.807, 2.05) is 0 Å². The lowest BCUT2D eigenvalue weighted by Gasteiger charge is -2.26. The molecular weight excluding hydrogens is 376 g/mol. The van der Waals surface area contributed by atoms with Crippen LogP contribution in [0.3, 0.4) is 0 Å². The van der Waals surface area contributed by atoms with Gasteiger partial charge in [-0.15, -0.1) is 0 Å². The van der Waals surface area contributed by atoms with Crippen LogP contribution in [-0.4, -0.2) is 31.1 Å². The van der Waals surface area contributed by atoms with Crippen molar-refractivity contribution in [1.29, 1.82) is 0 Å². The molecule has 166 valence electrons. The van der Waals surface area contributed by atoms with Gasteiger partial charge < -0.3 is 9.80 Å². The highest BCUT2D eigenvalue weighted by Crippen LogP contribution is 2.36. The van der Waals surface area contributed by atoms with Crippen LogP contribution in [-0.2, 0) is 0 Å². The highest BCUT2D eigenvalue weighted by atomic mass is 15.1. The van der Waals surface area contributed by atoms with Crippen molar-refractivity contribution in [2.24, 2.45) is 23.7 Å². The van der Waals surface area contributed by atoms with Crippen molar-refractivity contribution in [3.05, 3.63) is 59.8 Å². The first-order valence-corrected chi connectivity index (χ1v) is 12.9. The van der Waals surface area contributed by atoms with Crippen LogP contribution in [0.1, 0.15) is 63.9 Å². The summed E-state index contributed by atoms with van der Waals surface area (Å²) >= 11 is 0. The van der Waals surface area contributed by atoms with Gasteiger partial charge in [-0.1, -0.05) is 30.4 Å². The third-order valence-electron chi connectivity index (χ3n) is 7.22. The van der Waals surface area contributed by atoms with Gasteiger partial charge in [0.2, 0.25) is 0 Å². The van der Waals surface area contributed by atoms with Crippen molar-refractivity contribution in [2.45, 2.75) is 58.3 Å². The highest BCUT2D eigenvalue weighted by molar-refractivity contribution is 5.57. The van der Waals surface area contributed by atoms with E-state index in [1.165, 1.54) is 94.5 Å². The van der Waals surface area contributed by atoms with Crippen LogP contribution < -0.4 is 4.90 Å². The van der Waals surface area contributed by atoms with Crippen LogP contribution in [0.15, 0.2) is 54.3 Å². The van der Waals surface area contributed by atoms with Crippen molar-refractivity contribution >= 4 is 11.8 Å². The molecule has 4 aliphatic rings. The smallest absolute Gasteiger partial charge is 0.0366 e. The fraction of sp³-hybridized carbons (Fsp3) is 0.586. The second-order valence-corrected chi connectivity index (χ2v) is 10.6. The molecule has 0 radical (unpaired) electrons. The van der Waals surface area contributed by atoms with Crippen molar-refractivity contribution in [1.82, 2.24) is 4.90 Å². The minimum Gasteiger partial charge on any atom is -0.371 e. The van der Waals surface area contributed by atoms with Gasteiger partial charge in [0.25, 0.3) is 0 Å². The normalized spacial score (nSPS) is 21.9. The Morgan fingerprint density at radius 3 is 1.77 bits per heavy atom. The van der Waals surface area contributed by atoms with E-state index in [-0.39, 0.29) is 0 Å². The summed E-state index contributed by atoms with van der Waals surface area (Å²) in [4.78, 5) is 5.30. The van der Waals surface area contributed by atoms with Crippen LogP contribution in [0, 0.1) is 23.7 Å². The van der Waals surface area contributed by atoms with E-state index >= 15 is 0 Å². The van der Waals surface area contributed by atoms with Gasteiger partial charge in [0.15, 0.2) is 0 Å². The number of allylic oxidation sites excluding steroid dienone is 4.